The molecule has 0 aliphatic rings. The van der Waals surface area contributed by atoms with Crippen molar-refractivity contribution in [1.29, 1.82) is 0 Å². The molecule has 1 heterocycles. The van der Waals surface area contributed by atoms with Crippen molar-refractivity contribution in [2.45, 2.75) is 13.3 Å². The molecule has 0 unspecified atom stereocenters. The highest BCUT2D eigenvalue weighted by Crippen LogP contribution is 2.27. The second-order valence-electron chi connectivity index (χ2n) is 3.45. The quantitative estimate of drug-likeness (QED) is 0.620. The number of furan rings is 1. The molecule has 0 fully saturated rings. The van der Waals surface area contributed by atoms with E-state index in [0.29, 0.717) is 12.6 Å². The summed E-state index contributed by atoms with van der Waals surface area (Å²) in [6.45, 7) is 2.72. The van der Waals surface area contributed by atoms with Crippen molar-refractivity contribution in [2.75, 3.05) is 11.9 Å². The molecule has 15 heavy (non-hydrogen) atoms. The van der Waals surface area contributed by atoms with Gasteiger partial charge in [-0.3, -0.25) is 0 Å². The van der Waals surface area contributed by atoms with Crippen LogP contribution >= 0.6 is 15.9 Å². The molecule has 1 aromatic carbocycles. The smallest absolute Gasteiger partial charge is 0.285 e. The Labute approximate surface area is 97.3 Å². The van der Waals surface area contributed by atoms with E-state index >= 15 is 0 Å². The third-order valence-corrected chi connectivity index (χ3v) is 2.80. The number of hydrogen-bond acceptors (Lipinski definition) is 2. The van der Waals surface area contributed by atoms with Gasteiger partial charge in [0.25, 0.3) is 5.95 Å². The van der Waals surface area contributed by atoms with Crippen molar-refractivity contribution in [3.8, 4) is 5.95 Å². The first-order valence-electron chi connectivity index (χ1n) is 4.99. The minimum Gasteiger partial charge on any atom is -0.465 e. The zero-order valence-corrected chi connectivity index (χ0v) is 10.2. The largest absolute Gasteiger partial charge is 0.465 e. The van der Waals surface area contributed by atoms with Gasteiger partial charge in [0.2, 0.25) is 0 Å². The second-order valence-corrected chi connectivity index (χ2v) is 4.24. The molecular formula is C12H13BrO2. The van der Waals surface area contributed by atoms with Crippen molar-refractivity contribution in [3.05, 3.63) is 29.8 Å². The fourth-order valence-electron chi connectivity index (χ4n) is 1.48. The molecule has 1 aromatic heterocycles. The topological polar surface area (TPSA) is 22.4 Å². The van der Waals surface area contributed by atoms with Crippen LogP contribution < -0.4 is 4.74 Å². The van der Waals surface area contributed by atoms with Gasteiger partial charge in [-0.25, -0.2) is 0 Å². The lowest BCUT2D eigenvalue weighted by molar-refractivity contribution is 0.251. The number of rotatable bonds is 4. The third kappa shape index (κ3) is 2.34. The zero-order valence-electron chi connectivity index (χ0n) is 8.63. The molecule has 0 aliphatic heterocycles. The highest BCUT2D eigenvalue weighted by Gasteiger charge is 2.05. The highest BCUT2D eigenvalue weighted by molar-refractivity contribution is 9.09. The minimum absolute atomic E-state index is 0.611. The number of hydrogen-bond donors (Lipinski definition) is 0. The average Bonchev–Trinajstić information content (AvgIpc) is 2.63. The maximum Gasteiger partial charge on any atom is 0.285 e. The molecule has 0 saturated heterocycles. The van der Waals surface area contributed by atoms with E-state index < -0.39 is 0 Å². The summed E-state index contributed by atoms with van der Waals surface area (Å²) in [5.74, 6) is 0.611. The Morgan fingerprint density at radius 2 is 2.27 bits per heavy atom. The summed E-state index contributed by atoms with van der Waals surface area (Å²) in [4.78, 5) is 0. The molecule has 0 amide bonds. The number of alkyl halides is 1. The molecule has 0 spiro atoms. The van der Waals surface area contributed by atoms with Crippen LogP contribution in [0.5, 0.6) is 5.95 Å². The van der Waals surface area contributed by atoms with Gasteiger partial charge < -0.3 is 9.15 Å². The molecule has 2 aromatic rings. The molecule has 0 aliphatic carbocycles. The summed E-state index contributed by atoms with van der Waals surface area (Å²) in [5, 5.41) is 2.05. The SMILES string of the molecule is Cc1cccc2cc(OCCCBr)oc12. The lowest BCUT2D eigenvalue weighted by Crippen LogP contribution is -1.95. The number of benzene rings is 1. The zero-order chi connectivity index (χ0) is 10.7. The monoisotopic (exact) mass is 268 g/mol. The Morgan fingerprint density at radius 3 is 3.00 bits per heavy atom. The highest BCUT2D eigenvalue weighted by atomic mass is 79.9. The predicted molar refractivity (Wildman–Crippen MR) is 64.9 cm³/mol. The summed E-state index contributed by atoms with van der Waals surface area (Å²) in [6, 6.07) is 8.03. The van der Waals surface area contributed by atoms with Crippen molar-refractivity contribution in [2.24, 2.45) is 0 Å². The fourth-order valence-corrected chi connectivity index (χ4v) is 1.71. The van der Waals surface area contributed by atoms with Crippen molar-refractivity contribution >= 4 is 26.9 Å². The van der Waals surface area contributed by atoms with E-state index in [1.165, 1.54) is 0 Å². The average molecular weight is 269 g/mol. The van der Waals surface area contributed by atoms with Gasteiger partial charge in [-0.2, -0.15) is 0 Å². The van der Waals surface area contributed by atoms with Gasteiger partial charge in [-0.1, -0.05) is 34.1 Å². The van der Waals surface area contributed by atoms with Gasteiger partial charge in [0, 0.05) is 16.8 Å². The Kier molecular flexibility index (Phi) is 3.31. The molecule has 0 atom stereocenters. The van der Waals surface area contributed by atoms with Gasteiger partial charge in [0.15, 0.2) is 0 Å². The number of aryl methyl sites for hydroxylation is 1. The van der Waals surface area contributed by atoms with Crippen LogP contribution in [0, 0.1) is 6.92 Å². The van der Waals surface area contributed by atoms with Crippen molar-refractivity contribution in [1.82, 2.24) is 0 Å². The van der Waals surface area contributed by atoms with E-state index in [1.54, 1.807) is 0 Å². The van der Waals surface area contributed by atoms with E-state index in [2.05, 4.69) is 15.9 Å². The van der Waals surface area contributed by atoms with Crippen LogP contribution in [0.1, 0.15) is 12.0 Å². The van der Waals surface area contributed by atoms with Gasteiger partial charge in [-0.15, -0.1) is 0 Å². The predicted octanol–water partition coefficient (Wildman–Crippen LogP) is 3.91. The van der Waals surface area contributed by atoms with Crippen molar-refractivity contribution < 1.29 is 9.15 Å². The van der Waals surface area contributed by atoms with E-state index in [1.807, 2.05) is 31.2 Å². The van der Waals surface area contributed by atoms with Gasteiger partial charge in [0.1, 0.15) is 5.58 Å². The van der Waals surface area contributed by atoms with E-state index in [-0.39, 0.29) is 0 Å². The molecule has 0 saturated carbocycles. The van der Waals surface area contributed by atoms with Crippen LogP contribution in [0.2, 0.25) is 0 Å². The summed E-state index contributed by atoms with van der Waals surface area (Å²) in [7, 11) is 0. The van der Waals surface area contributed by atoms with Crippen LogP contribution in [-0.2, 0) is 0 Å². The molecule has 80 valence electrons. The van der Waals surface area contributed by atoms with Crippen molar-refractivity contribution in [3.63, 3.8) is 0 Å². The Bertz CT molecular complexity index is 448. The molecule has 0 radical (unpaired) electrons. The molecule has 2 nitrogen and oxygen atoms in total. The number of para-hydroxylation sites is 1. The first-order valence-corrected chi connectivity index (χ1v) is 6.11. The van der Waals surface area contributed by atoms with Gasteiger partial charge >= 0.3 is 0 Å². The fraction of sp³-hybridized carbons (Fsp3) is 0.333. The Hall–Kier alpha value is -0.960. The van der Waals surface area contributed by atoms with Crippen LogP contribution in [-0.4, -0.2) is 11.9 Å². The van der Waals surface area contributed by atoms with Crippen LogP contribution in [0.25, 0.3) is 11.0 Å². The van der Waals surface area contributed by atoms with E-state index in [0.717, 1.165) is 28.3 Å². The van der Waals surface area contributed by atoms with Gasteiger partial charge in [0.05, 0.1) is 6.61 Å². The van der Waals surface area contributed by atoms with Gasteiger partial charge in [-0.05, 0) is 18.9 Å². The Morgan fingerprint density at radius 1 is 1.40 bits per heavy atom. The maximum absolute atomic E-state index is 5.61. The summed E-state index contributed by atoms with van der Waals surface area (Å²) in [5.41, 5.74) is 2.06. The normalized spacial score (nSPS) is 10.8. The first-order chi connectivity index (χ1) is 7.31. The lowest BCUT2D eigenvalue weighted by Gasteiger charge is -1.98. The summed E-state index contributed by atoms with van der Waals surface area (Å²) < 4.78 is 11.1. The summed E-state index contributed by atoms with van der Waals surface area (Å²) >= 11 is 3.36. The number of halogens is 1. The molecule has 3 heteroatoms. The molecule has 0 bridgehead atoms. The lowest BCUT2D eigenvalue weighted by atomic mass is 10.2. The molecular weight excluding hydrogens is 256 g/mol. The number of ether oxygens (including phenoxy) is 1. The molecule has 0 N–H and O–H groups in total. The second kappa shape index (κ2) is 4.71. The Balaban J connectivity index is 2.20. The molecule has 2 rings (SSSR count). The standard InChI is InChI=1S/C12H13BrO2/c1-9-4-2-5-10-8-11(15-12(9)10)14-7-3-6-13/h2,4-5,8H,3,6-7H2,1H3. The number of fused-ring (bicyclic) bond motifs is 1. The van der Waals surface area contributed by atoms with Crippen LogP contribution in [0.4, 0.5) is 0 Å². The summed E-state index contributed by atoms with van der Waals surface area (Å²) in [6.07, 6.45) is 0.982. The van der Waals surface area contributed by atoms with Crippen LogP contribution in [0.3, 0.4) is 0 Å². The first kappa shape index (κ1) is 10.6. The van der Waals surface area contributed by atoms with E-state index in [4.69, 9.17) is 9.15 Å². The third-order valence-electron chi connectivity index (χ3n) is 2.24. The van der Waals surface area contributed by atoms with Crippen LogP contribution in [0.15, 0.2) is 28.7 Å². The minimum atomic E-state index is 0.611. The van der Waals surface area contributed by atoms with E-state index in [9.17, 15) is 0 Å². The maximum atomic E-state index is 5.61.